The van der Waals surface area contributed by atoms with E-state index in [0.717, 1.165) is 6.42 Å². The molecule has 0 radical (unpaired) electrons. The second kappa shape index (κ2) is 4.05. The molecular formula is C4H11NO2. The van der Waals surface area contributed by atoms with E-state index in [9.17, 15) is 0 Å². The van der Waals surface area contributed by atoms with Gasteiger partial charge in [-0.05, 0) is 6.42 Å². The van der Waals surface area contributed by atoms with Gasteiger partial charge in [0.1, 0.15) is 6.10 Å². The Hall–Kier alpha value is -0.120. The van der Waals surface area contributed by atoms with Crippen LogP contribution in [0.2, 0.25) is 0 Å². The Morgan fingerprint density at radius 3 is 2.43 bits per heavy atom. The van der Waals surface area contributed by atoms with Crippen molar-refractivity contribution in [3.05, 3.63) is 0 Å². The first kappa shape index (κ1) is 6.88. The molecule has 44 valence electrons. The molecule has 0 rings (SSSR count). The minimum absolute atomic E-state index is 0.00694. The van der Waals surface area contributed by atoms with E-state index in [0.29, 0.717) is 0 Å². The maximum absolute atomic E-state index is 8.32. The maximum atomic E-state index is 8.32. The van der Waals surface area contributed by atoms with E-state index < -0.39 is 0 Å². The van der Waals surface area contributed by atoms with Crippen molar-refractivity contribution in [3.8, 4) is 0 Å². The molecule has 3 nitrogen and oxygen atoms in total. The molecule has 0 fully saturated rings. The zero-order valence-electron chi connectivity index (χ0n) is 4.42. The summed E-state index contributed by atoms with van der Waals surface area (Å²) in [5, 5.41) is 8.32. The molecule has 0 aromatic carbocycles. The third-order valence-electron chi connectivity index (χ3n) is 0.851. The molecule has 0 aliphatic carbocycles. The van der Waals surface area contributed by atoms with E-state index >= 15 is 0 Å². The van der Waals surface area contributed by atoms with Crippen LogP contribution in [0.25, 0.3) is 0 Å². The predicted octanol–water partition coefficient (Wildman–Crippen LogP) is -0.352. The van der Waals surface area contributed by atoms with Gasteiger partial charge in [-0.3, -0.25) is 4.84 Å². The Labute approximate surface area is 43.0 Å². The van der Waals surface area contributed by atoms with Crippen molar-refractivity contribution < 1.29 is 9.94 Å². The van der Waals surface area contributed by atoms with Gasteiger partial charge in [0.25, 0.3) is 0 Å². The minimum Gasteiger partial charge on any atom is -0.394 e. The Morgan fingerprint density at radius 1 is 1.86 bits per heavy atom. The van der Waals surface area contributed by atoms with Gasteiger partial charge >= 0.3 is 0 Å². The number of aliphatic hydroxyl groups excluding tert-OH is 1. The van der Waals surface area contributed by atoms with Crippen molar-refractivity contribution in [1.29, 1.82) is 0 Å². The molecule has 1 unspecified atom stereocenters. The molecule has 0 aromatic heterocycles. The molecule has 3 N–H and O–H groups in total. The largest absolute Gasteiger partial charge is 0.394 e. The lowest BCUT2D eigenvalue weighted by molar-refractivity contribution is 0.0102. The monoisotopic (exact) mass is 105 g/mol. The van der Waals surface area contributed by atoms with Crippen LogP contribution in [-0.2, 0) is 4.84 Å². The van der Waals surface area contributed by atoms with Crippen LogP contribution in [0.1, 0.15) is 13.3 Å². The molecular weight excluding hydrogens is 94.0 g/mol. The molecule has 0 amide bonds. The van der Waals surface area contributed by atoms with E-state index in [-0.39, 0.29) is 12.7 Å². The van der Waals surface area contributed by atoms with Gasteiger partial charge in [0.2, 0.25) is 0 Å². The smallest absolute Gasteiger partial charge is 0.101 e. The molecule has 0 aliphatic heterocycles. The normalized spacial score (nSPS) is 14.1. The molecule has 0 aromatic rings. The Balaban J connectivity index is 2.99. The van der Waals surface area contributed by atoms with E-state index in [1.807, 2.05) is 6.92 Å². The van der Waals surface area contributed by atoms with Crippen molar-refractivity contribution in [3.63, 3.8) is 0 Å². The maximum Gasteiger partial charge on any atom is 0.101 e. The third-order valence-corrected chi connectivity index (χ3v) is 0.851. The average molecular weight is 105 g/mol. The number of rotatable bonds is 3. The summed E-state index contributed by atoms with van der Waals surface area (Å²) in [5.41, 5.74) is 0. The van der Waals surface area contributed by atoms with Crippen molar-refractivity contribution >= 4 is 0 Å². The molecule has 0 spiro atoms. The summed E-state index contributed by atoms with van der Waals surface area (Å²) in [7, 11) is 0. The lowest BCUT2D eigenvalue weighted by Gasteiger charge is -2.05. The van der Waals surface area contributed by atoms with E-state index in [2.05, 4.69) is 4.84 Å². The average Bonchev–Trinajstić information content (AvgIpc) is 1.72. The van der Waals surface area contributed by atoms with Crippen LogP contribution in [0, 0.1) is 0 Å². The highest BCUT2D eigenvalue weighted by Crippen LogP contribution is 1.89. The first-order valence-electron chi connectivity index (χ1n) is 2.31. The fourth-order valence-electron chi connectivity index (χ4n) is 0.268. The highest BCUT2D eigenvalue weighted by molar-refractivity contribution is 4.46. The van der Waals surface area contributed by atoms with Crippen LogP contribution in [0.3, 0.4) is 0 Å². The summed E-state index contributed by atoms with van der Waals surface area (Å²) in [5.74, 6) is 4.73. The van der Waals surface area contributed by atoms with E-state index in [4.69, 9.17) is 11.0 Å². The zero-order chi connectivity index (χ0) is 5.70. The SMILES string of the molecule is CCC(CO)ON. The molecule has 7 heavy (non-hydrogen) atoms. The fraction of sp³-hybridized carbons (Fsp3) is 1.00. The van der Waals surface area contributed by atoms with Crippen LogP contribution in [-0.4, -0.2) is 17.8 Å². The fourth-order valence-corrected chi connectivity index (χ4v) is 0.268. The van der Waals surface area contributed by atoms with E-state index in [1.165, 1.54) is 0 Å². The molecule has 0 saturated carbocycles. The predicted molar refractivity (Wildman–Crippen MR) is 26.4 cm³/mol. The van der Waals surface area contributed by atoms with E-state index in [1.54, 1.807) is 0 Å². The topological polar surface area (TPSA) is 55.5 Å². The Morgan fingerprint density at radius 2 is 2.43 bits per heavy atom. The molecule has 0 bridgehead atoms. The first-order valence-corrected chi connectivity index (χ1v) is 2.31. The van der Waals surface area contributed by atoms with Gasteiger partial charge < -0.3 is 5.11 Å². The van der Waals surface area contributed by atoms with Crippen LogP contribution >= 0.6 is 0 Å². The van der Waals surface area contributed by atoms with Gasteiger partial charge in [-0.25, -0.2) is 5.90 Å². The summed E-state index contributed by atoms with van der Waals surface area (Å²) in [6, 6.07) is 0. The molecule has 3 heteroatoms. The number of nitrogens with two attached hydrogens (primary N) is 1. The number of hydrogen-bond donors (Lipinski definition) is 2. The zero-order valence-corrected chi connectivity index (χ0v) is 4.42. The number of hydrogen-bond acceptors (Lipinski definition) is 3. The first-order chi connectivity index (χ1) is 3.35. The summed E-state index contributed by atoms with van der Waals surface area (Å²) in [6.07, 6.45) is 0.576. The van der Waals surface area contributed by atoms with Crippen LogP contribution in [0.4, 0.5) is 0 Å². The molecule has 1 atom stereocenters. The van der Waals surface area contributed by atoms with Crippen LogP contribution < -0.4 is 5.90 Å². The molecule has 0 saturated heterocycles. The summed E-state index contributed by atoms with van der Waals surface area (Å²) in [4.78, 5) is 4.30. The second-order valence-corrected chi connectivity index (χ2v) is 1.35. The highest BCUT2D eigenvalue weighted by Gasteiger charge is 1.98. The standard InChI is InChI=1S/C4H11NO2/c1-2-4(3-6)7-5/h4,6H,2-3,5H2,1H3. The van der Waals surface area contributed by atoms with Crippen LogP contribution in [0.5, 0.6) is 0 Å². The van der Waals surface area contributed by atoms with Gasteiger partial charge in [0.05, 0.1) is 6.61 Å². The van der Waals surface area contributed by atoms with Gasteiger partial charge in [0.15, 0.2) is 0 Å². The Kier molecular flexibility index (Phi) is 3.98. The lowest BCUT2D eigenvalue weighted by atomic mass is 10.3. The number of aliphatic hydroxyl groups is 1. The van der Waals surface area contributed by atoms with Crippen molar-refractivity contribution in [1.82, 2.24) is 0 Å². The van der Waals surface area contributed by atoms with Crippen molar-refractivity contribution in [2.75, 3.05) is 6.61 Å². The quantitative estimate of drug-likeness (QED) is 0.482. The summed E-state index contributed by atoms with van der Waals surface area (Å²) >= 11 is 0. The summed E-state index contributed by atoms with van der Waals surface area (Å²) in [6.45, 7) is 1.90. The van der Waals surface area contributed by atoms with Gasteiger partial charge in [-0.15, -0.1) is 0 Å². The Bertz CT molecular complexity index is 31.2. The third kappa shape index (κ3) is 2.56. The second-order valence-electron chi connectivity index (χ2n) is 1.35. The van der Waals surface area contributed by atoms with Gasteiger partial charge in [-0.1, -0.05) is 6.92 Å². The summed E-state index contributed by atoms with van der Waals surface area (Å²) < 4.78 is 0. The van der Waals surface area contributed by atoms with Crippen LogP contribution in [0.15, 0.2) is 0 Å². The van der Waals surface area contributed by atoms with Gasteiger partial charge in [-0.2, -0.15) is 0 Å². The minimum atomic E-state index is -0.181. The highest BCUT2D eigenvalue weighted by atomic mass is 16.6. The molecule has 0 heterocycles. The van der Waals surface area contributed by atoms with Crippen molar-refractivity contribution in [2.45, 2.75) is 19.4 Å². The lowest BCUT2D eigenvalue weighted by Crippen LogP contribution is -2.19. The molecule has 0 aliphatic rings. The van der Waals surface area contributed by atoms with Crippen molar-refractivity contribution in [2.24, 2.45) is 5.90 Å². The van der Waals surface area contributed by atoms with Gasteiger partial charge in [0, 0.05) is 0 Å².